The number of fused-ring (bicyclic) bond motifs is 6. The van der Waals surface area contributed by atoms with Gasteiger partial charge < -0.3 is 9.32 Å². The zero-order valence-corrected chi connectivity index (χ0v) is 17.5. The fraction of sp³-hybridized carbons (Fsp3) is 0.0667. The van der Waals surface area contributed by atoms with Crippen molar-refractivity contribution in [3.05, 3.63) is 126 Å². The maximum absolute atomic E-state index is 6.03. The molecule has 1 aromatic heterocycles. The Hall–Kier alpha value is -4.04. The van der Waals surface area contributed by atoms with Crippen molar-refractivity contribution in [3.8, 4) is 0 Å². The molecule has 2 atom stereocenters. The molecular weight excluding hydrogens is 390 g/mol. The summed E-state index contributed by atoms with van der Waals surface area (Å²) in [5.41, 5.74) is 8.30. The van der Waals surface area contributed by atoms with Crippen molar-refractivity contribution < 1.29 is 4.42 Å². The summed E-state index contributed by atoms with van der Waals surface area (Å²) in [6.45, 7) is 0. The van der Waals surface area contributed by atoms with Gasteiger partial charge in [0.1, 0.15) is 11.2 Å². The topological polar surface area (TPSA) is 16.4 Å². The Balaban J connectivity index is 1.35. The van der Waals surface area contributed by atoms with Crippen LogP contribution >= 0.6 is 0 Å². The Morgan fingerprint density at radius 2 is 1.47 bits per heavy atom. The molecule has 1 aliphatic heterocycles. The molecule has 0 radical (unpaired) electrons. The van der Waals surface area contributed by atoms with E-state index >= 15 is 0 Å². The lowest BCUT2D eigenvalue weighted by Gasteiger charge is -2.29. The van der Waals surface area contributed by atoms with E-state index in [0.29, 0.717) is 5.92 Å². The number of rotatable bonds is 2. The summed E-state index contributed by atoms with van der Waals surface area (Å²) in [5, 5.41) is 2.34. The van der Waals surface area contributed by atoms with E-state index in [-0.39, 0.29) is 6.04 Å². The molecule has 7 rings (SSSR count). The summed E-state index contributed by atoms with van der Waals surface area (Å²) in [5.74, 6) is 0.322. The number of hydrogen-bond donors (Lipinski definition) is 0. The van der Waals surface area contributed by atoms with E-state index in [1.54, 1.807) is 0 Å². The van der Waals surface area contributed by atoms with Crippen LogP contribution in [0, 0.1) is 0 Å². The van der Waals surface area contributed by atoms with Gasteiger partial charge in [0.05, 0.1) is 6.04 Å². The molecule has 0 fully saturated rings. The molecule has 2 aliphatic rings. The molecule has 2 heterocycles. The number of anilines is 2. The second-order valence-corrected chi connectivity index (χ2v) is 8.57. The number of allylic oxidation sites excluding steroid dienone is 2. The van der Waals surface area contributed by atoms with Crippen LogP contribution in [0.2, 0.25) is 0 Å². The van der Waals surface area contributed by atoms with Crippen molar-refractivity contribution in [1.29, 1.82) is 0 Å². The SMILES string of the molecule is C1=CC2C(C=C1c1ccc3oc4ccccc4c3c1)c1ccccc1N2c1ccccc1. The lowest BCUT2D eigenvalue weighted by atomic mass is 9.86. The molecule has 0 saturated carbocycles. The average Bonchev–Trinajstić information content (AvgIpc) is 3.39. The molecule has 0 spiro atoms. The molecule has 32 heavy (non-hydrogen) atoms. The van der Waals surface area contributed by atoms with Crippen molar-refractivity contribution in [1.82, 2.24) is 0 Å². The molecule has 0 N–H and O–H groups in total. The molecule has 5 aromatic rings. The van der Waals surface area contributed by atoms with E-state index in [1.165, 1.54) is 38.8 Å². The van der Waals surface area contributed by atoms with Gasteiger partial charge in [-0.15, -0.1) is 0 Å². The maximum atomic E-state index is 6.03. The van der Waals surface area contributed by atoms with Gasteiger partial charge in [-0.2, -0.15) is 0 Å². The summed E-state index contributed by atoms with van der Waals surface area (Å²) in [4.78, 5) is 2.47. The van der Waals surface area contributed by atoms with Gasteiger partial charge in [0.25, 0.3) is 0 Å². The maximum Gasteiger partial charge on any atom is 0.135 e. The fourth-order valence-corrected chi connectivity index (χ4v) is 5.34. The Morgan fingerprint density at radius 3 is 2.41 bits per heavy atom. The van der Waals surface area contributed by atoms with Gasteiger partial charge in [-0.05, 0) is 53.1 Å². The number of nitrogens with zero attached hydrogens (tertiary/aromatic N) is 1. The third-order valence-corrected chi connectivity index (χ3v) is 6.80. The summed E-state index contributed by atoms with van der Waals surface area (Å²) in [6, 6.07) is 34.6. The van der Waals surface area contributed by atoms with Crippen molar-refractivity contribution >= 4 is 38.9 Å². The third kappa shape index (κ3) is 2.53. The first kappa shape index (κ1) is 17.6. The molecule has 2 unspecified atom stereocenters. The smallest absolute Gasteiger partial charge is 0.135 e. The fourth-order valence-electron chi connectivity index (χ4n) is 5.34. The summed E-state index contributed by atoms with van der Waals surface area (Å²) < 4.78 is 6.03. The molecule has 0 saturated heterocycles. The van der Waals surface area contributed by atoms with E-state index in [4.69, 9.17) is 4.42 Å². The quantitative estimate of drug-likeness (QED) is 0.294. The lowest BCUT2D eigenvalue weighted by Crippen LogP contribution is -2.28. The Morgan fingerprint density at radius 1 is 0.688 bits per heavy atom. The molecular formula is C30H21NO. The molecule has 152 valence electrons. The van der Waals surface area contributed by atoms with E-state index in [9.17, 15) is 0 Å². The number of furan rings is 1. The van der Waals surface area contributed by atoms with Crippen molar-refractivity contribution in [3.63, 3.8) is 0 Å². The monoisotopic (exact) mass is 411 g/mol. The third-order valence-electron chi connectivity index (χ3n) is 6.80. The predicted octanol–water partition coefficient (Wildman–Crippen LogP) is 7.84. The van der Waals surface area contributed by atoms with Gasteiger partial charge in [-0.1, -0.05) is 78.9 Å². The van der Waals surface area contributed by atoms with Gasteiger partial charge in [0.2, 0.25) is 0 Å². The van der Waals surface area contributed by atoms with Crippen molar-refractivity contribution in [2.45, 2.75) is 12.0 Å². The van der Waals surface area contributed by atoms with Crippen LogP contribution in [0.15, 0.2) is 120 Å². The molecule has 1 aliphatic carbocycles. The minimum Gasteiger partial charge on any atom is -0.456 e. The minimum atomic E-state index is 0.289. The van der Waals surface area contributed by atoms with Crippen LogP contribution in [-0.2, 0) is 0 Å². The molecule has 2 nitrogen and oxygen atoms in total. The zero-order chi connectivity index (χ0) is 21.1. The summed E-state index contributed by atoms with van der Waals surface area (Å²) in [7, 11) is 0. The first-order valence-corrected chi connectivity index (χ1v) is 11.1. The highest BCUT2D eigenvalue weighted by Gasteiger charge is 2.38. The van der Waals surface area contributed by atoms with Crippen LogP contribution in [0.25, 0.3) is 27.5 Å². The number of hydrogen-bond acceptors (Lipinski definition) is 2. The lowest BCUT2D eigenvalue weighted by molar-refractivity contribution is 0.669. The van der Waals surface area contributed by atoms with Crippen LogP contribution in [0.1, 0.15) is 17.0 Å². The van der Waals surface area contributed by atoms with Gasteiger partial charge in [0, 0.05) is 28.1 Å². The first-order chi connectivity index (χ1) is 15.9. The van der Waals surface area contributed by atoms with Crippen molar-refractivity contribution in [2.75, 3.05) is 4.90 Å². The molecule has 0 amide bonds. The van der Waals surface area contributed by atoms with Crippen LogP contribution in [0.3, 0.4) is 0 Å². The highest BCUT2D eigenvalue weighted by molar-refractivity contribution is 6.06. The Labute approximate surface area is 186 Å². The normalized spacial score (nSPS) is 19.2. The predicted molar refractivity (Wildman–Crippen MR) is 132 cm³/mol. The van der Waals surface area contributed by atoms with Crippen LogP contribution in [-0.4, -0.2) is 6.04 Å². The summed E-state index contributed by atoms with van der Waals surface area (Å²) in [6.07, 6.45) is 7.09. The molecule has 0 bridgehead atoms. The van der Waals surface area contributed by atoms with Crippen LogP contribution < -0.4 is 4.90 Å². The average molecular weight is 412 g/mol. The van der Waals surface area contributed by atoms with Crippen molar-refractivity contribution in [2.24, 2.45) is 0 Å². The molecule has 4 aromatic carbocycles. The first-order valence-electron chi connectivity index (χ1n) is 11.1. The van der Waals surface area contributed by atoms with E-state index in [1.807, 2.05) is 12.1 Å². The van der Waals surface area contributed by atoms with Gasteiger partial charge in [-0.25, -0.2) is 0 Å². The number of para-hydroxylation sites is 3. The second kappa shape index (κ2) is 6.73. The largest absolute Gasteiger partial charge is 0.456 e. The zero-order valence-electron chi connectivity index (χ0n) is 17.5. The highest BCUT2D eigenvalue weighted by Crippen LogP contribution is 2.49. The van der Waals surface area contributed by atoms with Gasteiger partial charge in [-0.3, -0.25) is 0 Å². The minimum absolute atomic E-state index is 0.289. The second-order valence-electron chi connectivity index (χ2n) is 8.57. The number of benzene rings is 4. The van der Waals surface area contributed by atoms with Crippen LogP contribution in [0.4, 0.5) is 11.4 Å². The van der Waals surface area contributed by atoms with Gasteiger partial charge in [0.15, 0.2) is 0 Å². The van der Waals surface area contributed by atoms with Gasteiger partial charge >= 0.3 is 0 Å². The highest BCUT2D eigenvalue weighted by atomic mass is 16.3. The Kier molecular flexibility index (Phi) is 3.71. The van der Waals surface area contributed by atoms with E-state index < -0.39 is 0 Å². The van der Waals surface area contributed by atoms with E-state index in [2.05, 4.69) is 108 Å². The Bertz CT molecular complexity index is 1540. The van der Waals surface area contributed by atoms with Crippen LogP contribution in [0.5, 0.6) is 0 Å². The summed E-state index contributed by atoms with van der Waals surface area (Å²) >= 11 is 0. The standard InChI is InChI=1S/C30H21NO/c1-2-8-22(9-3-1)31-27-12-6-4-10-23(27)25-18-20(14-16-28(25)31)21-15-17-30-26(19-21)24-11-5-7-13-29(24)32-30/h1-19,25,28H. The van der Waals surface area contributed by atoms with E-state index in [0.717, 1.165) is 11.2 Å². The molecule has 2 heteroatoms.